The zero-order valence-electron chi connectivity index (χ0n) is 14.3. The lowest BCUT2D eigenvalue weighted by atomic mass is 10.1. The van der Waals surface area contributed by atoms with Gasteiger partial charge in [0.25, 0.3) is 5.22 Å². The third kappa shape index (κ3) is 4.98. The fraction of sp³-hybridized carbons (Fsp3) is 0.167. The van der Waals surface area contributed by atoms with Crippen LogP contribution in [-0.2, 0) is 16.0 Å². The average molecular weight is 389 g/mol. The van der Waals surface area contributed by atoms with Crippen LogP contribution < -0.4 is 15.6 Å². The second-order valence-electron chi connectivity index (χ2n) is 5.48. The molecular formula is C18H16FN3O4S. The van der Waals surface area contributed by atoms with Crippen molar-refractivity contribution in [1.29, 1.82) is 0 Å². The van der Waals surface area contributed by atoms with Crippen molar-refractivity contribution in [2.45, 2.75) is 11.6 Å². The number of rotatable bonds is 6. The van der Waals surface area contributed by atoms with E-state index in [1.807, 2.05) is 18.2 Å². The number of ether oxygens (including phenoxy) is 1. The first kappa shape index (κ1) is 18.7. The lowest BCUT2D eigenvalue weighted by molar-refractivity contribution is -0.127. The molecule has 2 amide bonds. The summed E-state index contributed by atoms with van der Waals surface area (Å²) in [6.45, 7) is 0. The number of thioether (sulfide) groups is 1. The van der Waals surface area contributed by atoms with E-state index in [1.165, 1.54) is 19.2 Å². The van der Waals surface area contributed by atoms with E-state index in [-0.39, 0.29) is 17.9 Å². The van der Waals surface area contributed by atoms with Crippen LogP contribution in [0.4, 0.5) is 4.39 Å². The number of carbonyl (C=O) groups is 2. The lowest BCUT2D eigenvalue weighted by Gasteiger charge is -2.08. The summed E-state index contributed by atoms with van der Waals surface area (Å²) in [7, 11) is 1.36. The van der Waals surface area contributed by atoms with Gasteiger partial charge in [0.1, 0.15) is 5.52 Å². The Kier molecular flexibility index (Phi) is 5.92. The minimum Gasteiger partial charge on any atom is -0.494 e. The molecule has 0 unspecified atom stereocenters. The number of para-hydroxylation sites is 2. The van der Waals surface area contributed by atoms with E-state index < -0.39 is 17.6 Å². The van der Waals surface area contributed by atoms with Crippen molar-refractivity contribution in [1.82, 2.24) is 15.8 Å². The number of aromatic nitrogens is 1. The molecule has 9 heteroatoms. The Hall–Kier alpha value is -3.07. The maximum absolute atomic E-state index is 13.6. The fourth-order valence-electron chi connectivity index (χ4n) is 2.27. The van der Waals surface area contributed by atoms with Gasteiger partial charge >= 0.3 is 0 Å². The van der Waals surface area contributed by atoms with Crippen LogP contribution in [0.5, 0.6) is 5.75 Å². The van der Waals surface area contributed by atoms with Gasteiger partial charge in [-0.25, -0.2) is 9.37 Å². The molecule has 2 N–H and O–H groups in total. The van der Waals surface area contributed by atoms with Crippen LogP contribution in [0.15, 0.2) is 52.1 Å². The van der Waals surface area contributed by atoms with Crippen LogP contribution in [0, 0.1) is 5.82 Å². The van der Waals surface area contributed by atoms with E-state index in [1.54, 1.807) is 12.1 Å². The van der Waals surface area contributed by atoms with Crippen molar-refractivity contribution in [3.8, 4) is 5.75 Å². The highest BCUT2D eigenvalue weighted by Gasteiger charge is 2.11. The molecule has 2 aromatic carbocycles. The minimum absolute atomic E-state index is 0.0181. The third-order valence-corrected chi connectivity index (χ3v) is 4.35. The molecule has 0 radical (unpaired) electrons. The van der Waals surface area contributed by atoms with Gasteiger partial charge in [0, 0.05) is 0 Å². The predicted octanol–water partition coefficient (Wildman–Crippen LogP) is 2.46. The summed E-state index contributed by atoms with van der Waals surface area (Å²) in [6.07, 6.45) is -0.0839. The van der Waals surface area contributed by atoms with Crippen LogP contribution in [-0.4, -0.2) is 29.7 Å². The summed E-state index contributed by atoms with van der Waals surface area (Å²) >= 11 is 1.11. The van der Waals surface area contributed by atoms with E-state index in [2.05, 4.69) is 15.8 Å². The second-order valence-corrected chi connectivity index (χ2v) is 6.40. The molecule has 1 aromatic heterocycles. The number of methoxy groups -OCH3 is 1. The minimum atomic E-state index is -0.554. The maximum atomic E-state index is 13.6. The molecular weight excluding hydrogens is 373 g/mol. The maximum Gasteiger partial charge on any atom is 0.257 e. The number of fused-ring (bicyclic) bond motifs is 1. The molecule has 140 valence electrons. The number of benzene rings is 2. The van der Waals surface area contributed by atoms with Crippen molar-refractivity contribution >= 4 is 34.7 Å². The Balaban J connectivity index is 1.44. The summed E-state index contributed by atoms with van der Waals surface area (Å²) in [6, 6.07) is 11.5. The fourth-order valence-corrected chi connectivity index (χ4v) is 2.90. The molecule has 7 nitrogen and oxygen atoms in total. The van der Waals surface area contributed by atoms with E-state index in [0.717, 1.165) is 11.8 Å². The number of hydrogen-bond donors (Lipinski definition) is 2. The van der Waals surface area contributed by atoms with Gasteiger partial charge in [-0.2, -0.15) is 0 Å². The summed E-state index contributed by atoms with van der Waals surface area (Å²) in [4.78, 5) is 27.9. The standard InChI is InChI=1S/C18H16FN3O4S/c1-25-14-7-6-11(8-12(14)19)9-16(23)21-22-17(24)10-27-18-20-13-4-2-3-5-15(13)26-18/h2-8H,9-10H2,1H3,(H,21,23)(H,22,24). The summed E-state index contributed by atoms with van der Waals surface area (Å²) in [5.41, 5.74) is 6.39. The van der Waals surface area contributed by atoms with E-state index in [9.17, 15) is 14.0 Å². The molecule has 0 atom stereocenters. The number of hydrazine groups is 1. The van der Waals surface area contributed by atoms with Gasteiger partial charge in [-0.3, -0.25) is 20.4 Å². The monoisotopic (exact) mass is 389 g/mol. The number of nitrogens with one attached hydrogen (secondary N) is 2. The topological polar surface area (TPSA) is 93.5 Å². The first-order valence-corrected chi connectivity index (χ1v) is 8.92. The molecule has 27 heavy (non-hydrogen) atoms. The Bertz CT molecular complexity index is 943. The van der Waals surface area contributed by atoms with Crippen LogP contribution >= 0.6 is 11.8 Å². The van der Waals surface area contributed by atoms with Gasteiger partial charge in [-0.15, -0.1) is 0 Å². The van der Waals surface area contributed by atoms with Crippen molar-refractivity contribution in [2.75, 3.05) is 12.9 Å². The number of hydrogen-bond acceptors (Lipinski definition) is 6. The highest BCUT2D eigenvalue weighted by atomic mass is 32.2. The number of nitrogens with zero attached hydrogens (tertiary/aromatic N) is 1. The Morgan fingerprint density at radius 3 is 2.70 bits per heavy atom. The molecule has 3 aromatic rings. The van der Waals surface area contributed by atoms with Gasteiger partial charge in [0.05, 0.1) is 19.3 Å². The largest absolute Gasteiger partial charge is 0.494 e. The van der Waals surface area contributed by atoms with Crippen molar-refractivity contribution < 1.29 is 23.1 Å². The van der Waals surface area contributed by atoms with Crippen LogP contribution in [0.3, 0.4) is 0 Å². The van der Waals surface area contributed by atoms with Gasteiger partial charge in [0.15, 0.2) is 17.1 Å². The molecule has 0 fully saturated rings. The summed E-state index contributed by atoms with van der Waals surface area (Å²) < 4.78 is 23.9. The Labute approximate surface area is 158 Å². The van der Waals surface area contributed by atoms with Crippen molar-refractivity contribution in [2.24, 2.45) is 0 Å². The number of amides is 2. The smallest absolute Gasteiger partial charge is 0.257 e. The molecule has 0 bridgehead atoms. The molecule has 1 heterocycles. The van der Waals surface area contributed by atoms with Gasteiger partial charge in [0.2, 0.25) is 11.8 Å². The zero-order valence-corrected chi connectivity index (χ0v) is 15.1. The van der Waals surface area contributed by atoms with Gasteiger partial charge < -0.3 is 9.15 Å². The molecule has 0 aliphatic carbocycles. The first-order valence-electron chi connectivity index (χ1n) is 7.93. The van der Waals surface area contributed by atoms with Crippen molar-refractivity contribution in [3.63, 3.8) is 0 Å². The van der Waals surface area contributed by atoms with Crippen LogP contribution in [0.1, 0.15) is 5.56 Å². The molecule has 3 rings (SSSR count). The lowest BCUT2D eigenvalue weighted by Crippen LogP contribution is -2.43. The normalized spacial score (nSPS) is 10.6. The highest BCUT2D eigenvalue weighted by molar-refractivity contribution is 7.99. The quantitative estimate of drug-likeness (QED) is 0.497. The van der Waals surface area contributed by atoms with Gasteiger partial charge in [-0.1, -0.05) is 30.0 Å². The SMILES string of the molecule is COc1ccc(CC(=O)NNC(=O)CSc2nc3ccccc3o2)cc1F. The number of halogens is 1. The first-order chi connectivity index (χ1) is 13.0. The third-order valence-electron chi connectivity index (χ3n) is 3.52. The summed E-state index contributed by atoms with van der Waals surface area (Å²) in [5, 5.41) is 0.367. The predicted molar refractivity (Wildman–Crippen MR) is 97.7 cm³/mol. The van der Waals surface area contributed by atoms with E-state index in [0.29, 0.717) is 21.9 Å². The zero-order chi connectivity index (χ0) is 19.2. The molecule has 0 spiro atoms. The van der Waals surface area contributed by atoms with E-state index in [4.69, 9.17) is 9.15 Å². The van der Waals surface area contributed by atoms with E-state index >= 15 is 0 Å². The Morgan fingerprint density at radius 1 is 1.19 bits per heavy atom. The second kappa shape index (κ2) is 8.54. The van der Waals surface area contributed by atoms with Crippen molar-refractivity contribution in [3.05, 3.63) is 53.8 Å². The molecule has 0 saturated heterocycles. The Morgan fingerprint density at radius 2 is 1.96 bits per heavy atom. The number of carbonyl (C=O) groups excluding carboxylic acids is 2. The number of oxazole rings is 1. The average Bonchev–Trinajstić information content (AvgIpc) is 3.08. The molecule has 0 aliphatic heterocycles. The molecule has 0 saturated carbocycles. The van der Waals surface area contributed by atoms with Crippen LogP contribution in [0.25, 0.3) is 11.1 Å². The highest BCUT2D eigenvalue weighted by Crippen LogP contribution is 2.22. The van der Waals surface area contributed by atoms with Gasteiger partial charge in [-0.05, 0) is 29.8 Å². The van der Waals surface area contributed by atoms with Crippen LogP contribution in [0.2, 0.25) is 0 Å². The molecule has 0 aliphatic rings. The summed E-state index contributed by atoms with van der Waals surface area (Å²) in [5.74, 6) is -1.33.